The van der Waals surface area contributed by atoms with Gasteiger partial charge in [0.15, 0.2) is 0 Å². The summed E-state index contributed by atoms with van der Waals surface area (Å²) in [5.74, 6) is 0.623. The normalized spacial score (nSPS) is 25.1. The predicted molar refractivity (Wildman–Crippen MR) is 55.6 cm³/mol. The van der Waals surface area contributed by atoms with Crippen LogP contribution in [0.2, 0.25) is 0 Å². The van der Waals surface area contributed by atoms with Crippen LogP contribution < -0.4 is 5.32 Å². The first-order valence-electron chi connectivity index (χ1n) is 5.26. The SMILES string of the molecule is CC(C)NC(CO)C1CC=CCC1. The minimum absolute atomic E-state index is 0.261. The largest absolute Gasteiger partial charge is 0.395 e. The Kier molecular flexibility index (Phi) is 4.46. The molecule has 2 heteroatoms. The van der Waals surface area contributed by atoms with Crippen LogP contribution in [0.25, 0.3) is 0 Å². The molecule has 0 bridgehead atoms. The highest BCUT2D eigenvalue weighted by molar-refractivity contribution is 4.94. The van der Waals surface area contributed by atoms with Crippen LogP contribution in [0, 0.1) is 5.92 Å². The molecule has 0 saturated heterocycles. The molecule has 0 saturated carbocycles. The fraction of sp³-hybridized carbons (Fsp3) is 0.818. The molecule has 0 amide bonds. The number of allylic oxidation sites excluding steroid dienone is 2. The zero-order valence-corrected chi connectivity index (χ0v) is 8.66. The Bertz CT molecular complexity index is 165. The van der Waals surface area contributed by atoms with Gasteiger partial charge in [-0.05, 0) is 25.2 Å². The van der Waals surface area contributed by atoms with E-state index >= 15 is 0 Å². The van der Waals surface area contributed by atoms with E-state index in [0.717, 1.165) is 6.42 Å². The second kappa shape index (κ2) is 5.40. The van der Waals surface area contributed by atoms with Gasteiger partial charge in [0.25, 0.3) is 0 Å². The molecule has 2 unspecified atom stereocenters. The Morgan fingerprint density at radius 3 is 2.69 bits per heavy atom. The van der Waals surface area contributed by atoms with Crippen LogP contribution in [-0.4, -0.2) is 23.8 Å². The summed E-state index contributed by atoms with van der Waals surface area (Å²) in [5, 5.41) is 12.7. The van der Waals surface area contributed by atoms with Gasteiger partial charge in [-0.3, -0.25) is 0 Å². The van der Waals surface area contributed by atoms with Crippen LogP contribution in [0.5, 0.6) is 0 Å². The molecule has 1 aliphatic rings. The van der Waals surface area contributed by atoms with Gasteiger partial charge in [-0.2, -0.15) is 0 Å². The number of hydrogen-bond acceptors (Lipinski definition) is 2. The summed E-state index contributed by atoms with van der Waals surface area (Å²) in [6.45, 7) is 4.51. The summed E-state index contributed by atoms with van der Waals surface area (Å²) in [7, 11) is 0. The number of nitrogens with one attached hydrogen (secondary N) is 1. The molecule has 0 aliphatic heterocycles. The summed E-state index contributed by atoms with van der Waals surface area (Å²) >= 11 is 0. The average molecular weight is 183 g/mol. The first kappa shape index (κ1) is 10.7. The van der Waals surface area contributed by atoms with Crippen molar-refractivity contribution in [3.8, 4) is 0 Å². The van der Waals surface area contributed by atoms with Gasteiger partial charge in [-0.1, -0.05) is 26.0 Å². The van der Waals surface area contributed by atoms with E-state index in [9.17, 15) is 5.11 Å². The number of hydrogen-bond donors (Lipinski definition) is 2. The van der Waals surface area contributed by atoms with Crippen LogP contribution in [0.3, 0.4) is 0 Å². The molecule has 0 aromatic carbocycles. The van der Waals surface area contributed by atoms with Crippen molar-refractivity contribution in [2.45, 2.75) is 45.2 Å². The van der Waals surface area contributed by atoms with E-state index in [2.05, 4.69) is 31.3 Å². The highest BCUT2D eigenvalue weighted by Gasteiger charge is 2.20. The van der Waals surface area contributed by atoms with Crippen molar-refractivity contribution < 1.29 is 5.11 Å². The molecule has 0 heterocycles. The third kappa shape index (κ3) is 3.49. The van der Waals surface area contributed by atoms with Crippen molar-refractivity contribution in [3.05, 3.63) is 12.2 Å². The van der Waals surface area contributed by atoms with Crippen molar-refractivity contribution in [1.82, 2.24) is 5.32 Å². The lowest BCUT2D eigenvalue weighted by molar-refractivity contribution is 0.183. The predicted octanol–water partition coefficient (Wildman–Crippen LogP) is 1.70. The van der Waals surface area contributed by atoms with E-state index in [1.165, 1.54) is 12.8 Å². The summed E-state index contributed by atoms with van der Waals surface area (Å²) in [5.41, 5.74) is 0. The zero-order chi connectivity index (χ0) is 9.68. The molecule has 2 nitrogen and oxygen atoms in total. The summed E-state index contributed by atoms with van der Waals surface area (Å²) in [6.07, 6.45) is 7.96. The van der Waals surface area contributed by atoms with Gasteiger partial charge in [-0.15, -0.1) is 0 Å². The molecule has 1 aliphatic carbocycles. The van der Waals surface area contributed by atoms with Crippen LogP contribution >= 0.6 is 0 Å². The molecule has 0 fully saturated rings. The first-order chi connectivity index (χ1) is 6.24. The lowest BCUT2D eigenvalue weighted by Crippen LogP contribution is -2.43. The molecule has 0 spiro atoms. The van der Waals surface area contributed by atoms with E-state index in [-0.39, 0.29) is 12.6 Å². The van der Waals surface area contributed by atoms with Gasteiger partial charge in [0.05, 0.1) is 6.61 Å². The fourth-order valence-corrected chi connectivity index (χ4v) is 1.95. The van der Waals surface area contributed by atoms with E-state index in [1.54, 1.807) is 0 Å². The molecule has 76 valence electrons. The van der Waals surface area contributed by atoms with Crippen molar-refractivity contribution in [1.29, 1.82) is 0 Å². The Morgan fingerprint density at radius 1 is 1.46 bits per heavy atom. The van der Waals surface area contributed by atoms with Gasteiger partial charge in [0.2, 0.25) is 0 Å². The van der Waals surface area contributed by atoms with Gasteiger partial charge >= 0.3 is 0 Å². The van der Waals surface area contributed by atoms with E-state index in [4.69, 9.17) is 0 Å². The van der Waals surface area contributed by atoms with E-state index in [0.29, 0.717) is 12.0 Å². The summed E-state index contributed by atoms with van der Waals surface area (Å²) < 4.78 is 0. The summed E-state index contributed by atoms with van der Waals surface area (Å²) in [4.78, 5) is 0. The standard InChI is InChI=1S/C11H21NO/c1-9(2)12-11(8-13)10-6-4-3-5-7-10/h3-4,9-13H,5-8H2,1-2H3. The van der Waals surface area contributed by atoms with Crippen molar-refractivity contribution in [3.63, 3.8) is 0 Å². The molecular weight excluding hydrogens is 162 g/mol. The van der Waals surface area contributed by atoms with Crippen molar-refractivity contribution in [2.24, 2.45) is 5.92 Å². The molecule has 0 aromatic rings. The third-order valence-corrected chi connectivity index (χ3v) is 2.62. The average Bonchev–Trinajstić information content (AvgIpc) is 2.15. The molecule has 1 rings (SSSR count). The Labute approximate surface area is 81.0 Å². The van der Waals surface area contributed by atoms with Crippen molar-refractivity contribution in [2.75, 3.05) is 6.61 Å². The topological polar surface area (TPSA) is 32.3 Å². The lowest BCUT2D eigenvalue weighted by Gasteiger charge is -2.29. The maximum Gasteiger partial charge on any atom is 0.0587 e. The van der Waals surface area contributed by atoms with E-state index in [1.807, 2.05) is 0 Å². The quantitative estimate of drug-likeness (QED) is 0.650. The van der Waals surface area contributed by atoms with Crippen LogP contribution in [0.15, 0.2) is 12.2 Å². The highest BCUT2D eigenvalue weighted by Crippen LogP contribution is 2.21. The zero-order valence-electron chi connectivity index (χ0n) is 8.66. The minimum atomic E-state index is 0.261. The van der Waals surface area contributed by atoms with E-state index < -0.39 is 0 Å². The molecule has 2 N–H and O–H groups in total. The second-order valence-corrected chi connectivity index (χ2v) is 4.15. The summed E-state index contributed by atoms with van der Waals surface area (Å²) in [6, 6.07) is 0.744. The molecule has 2 atom stereocenters. The fourth-order valence-electron chi connectivity index (χ4n) is 1.95. The third-order valence-electron chi connectivity index (χ3n) is 2.62. The maximum atomic E-state index is 9.24. The van der Waals surface area contributed by atoms with Crippen LogP contribution in [0.1, 0.15) is 33.1 Å². The second-order valence-electron chi connectivity index (χ2n) is 4.15. The van der Waals surface area contributed by atoms with Crippen LogP contribution in [-0.2, 0) is 0 Å². The number of aliphatic hydroxyl groups is 1. The Morgan fingerprint density at radius 2 is 2.23 bits per heavy atom. The minimum Gasteiger partial charge on any atom is -0.395 e. The van der Waals surface area contributed by atoms with Gasteiger partial charge in [-0.25, -0.2) is 0 Å². The number of rotatable bonds is 4. The number of aliphatic hydroxyl groups excluding tert-OH is 1. The Hall–Kier alpha value is -0.340. The molecule has 0 aromatic heterocycles. The highest BCUT2D eigenvalue weighted by atomic mass is 16.3. The monoisotopic (exact) mass is 183 g/mol. The smallest absolute Gasteiger partial charge is 0.0587 e. The van der Waals surface area contributed by atoms with Gasteiger partial charge in [0, 0.05) is 12.1 Å². The van der Waals surface area contributed by atoms with Gasteiger partial charge < -0.3 is 10.4 Å². The molecule has 13 heavy (non-hydrogen) atoms. The molecular formula is C11H21NO. The first-order valence-corrected chi connectivity index (χ1v) is 5.26. The molecule has 0 radical (unpaired) electrons. The van der Waals surface area contributed by atoms with Gasteiger partial charge in [0.1, 0.15) is 0 Å². The van der Waals surface area contributed by atoms with Crippen molar-refractivity contribution >= 4 is 0 Å². The van der Waals surface area contributed by atoms with Crippen LogP contribution in [0.4, 0.5) is 0 Å². The Balaban J connectivity index is 2.40. The lowest BCUT2D eigenvalue weighted by atomic mass is 9.88. The maximum absolute atomic E-state index is 9.24.